The highest BCUT2D eigenvalue weighted by atomic mass is 35.5. The minimum Gasteiger partial charge on any atom is -0.481 e. The summed E-state index contributed by atoms with van der Waals surface area (Å²) in [5.41, 5.74) is 0.149. The van der Waals surface area contributed by atoms with E-state index in [-0.39, 0.29) is 41.7 Å². The molecule has 37 heavy (non-hydrogen) atoms. The van der Waals surface area contributed by atoms with E-state index in [1.54, 1.807) is 18.2 Å². The zero-order valence-corrected chi connectivity index (χ0v) is 21.2. The van der Waals surface area contributed by atoms with E-state index in [0.29, 0.717) is 44.1 Å². The van der Waals surface area contributed by atoms with Gasteiger partial charge in [0.05, 0.1) is 16.1 Å². The number of carbonyl (C=O) groups is 1. The van der Waals surface area contributed by atoms with Gasteiger partial charge in [-0.2, -0.15) is 10.1 Å². The maximum atomic E-state index is 15.6. The molecule has 0 radical (unpaired) electrons. The number of benzene rings is 1. The van der Waals surface area contributed by atoms with Crippen molar-refractivity contribution >= 4 is 35.2 Å². The van der Waals surface area contributed by atoms with Gasteiger partial charge in [-0.25, -0.2) is 13.8 Å². The summed E-state index contributed by atoms with van der Waals surface area (Å²) in [4.78, 5) is 25.1. The van der Waals surface area contributed by atoms with E-state index >= 15 is 4.39 Å². The molecule has 2 fully saturated rings. The van der Waals surface area contributed by atoms with E-state index in [4.69, 9.17) is 11.6 Å². The van der Waals surface area contributed by atoms with Crippen molar-refractivity contribution in [2.75, 3.05) is 36.4 Å². The topological polar surface area (TPSA) is 110 Å². The van der Waals surface area contributed by atoms with Crippen LogP contribution in [-0.4, -0.2) is 62.3 Å². The van der Waals surface area contributed by atoms with Crippen molar-refractivity contribution in [1.29, 1.82) is 0 Å². The molecule has 9 nitrogen and oxygen atoms in total. The van der Waals surface area contributed by atoms with Crippen LogP contribution in [-0.2, 0) is 17.8 Å². The fraction of sp³-hybridized carbons (Fsp3) is 0.440. The summed E-state index contributed by atoms with van der Waals surface area (Å²) in [5, 5.41) is 20.2. The highest BCUT2D eigenvalue weighted by Gasteiger charge is 2.43. The van der Waals surface area contributed by atoms with E-state index in [2.05, 4.69) is 25.5 Å². The molecule has 196 valence electrons. The Morgan fingerprint density at radius 3 is 2.57 bits per heavy atom. The first-order chi connectivity index (χ1) is 17.7. The number of nitrogens with one attached hydrogen (secondary N) is 2. The standard InChI is InChI=1S/C25H28ClF2N7O2/c1-15-12-19(33-32-15)30-24-29-18(21(28)22(31-24)35-8-3-9-35)13-25(23(36)37)6-10-34(11-7-25)14-16-4-2-5-17(26)20(16)27/h2,4-5,12H,3,6-11,13-14H2,1H3,(H,36,37)(H2,29,30,31,32,33). The fourth-order valence-corrected chi connectivity index (χ4v) is 5.02. The van der Waals surface area contributed by atoms with E-state index in [1.807, 2.05) is 16.7 Å². The molecule has 4 heterocycles. The van der Waals surface area contributed by atoms with Crippen molar-refractivity contribution in [1.82, 2.24) is 25.1 Å². The largest absolute Gasteiger partial charge is 0.481 e. The molecule has 2 saturated heterocycles. The summed E-state index contributed by atoms with van der Waals surface area (Å²) in [7, 11) is 0. The van der Waals surface area contributed by atoms with Crippen molar-refractivity contribution in [2.24, 2.45) is 5.41 Å². The second kappa shape index (κ2) is 10.2. The molecule has 0 atom stereocenters. The molecule has 0 spiro atoms. The van der Waals surface area contributed by atoms with Crippen LogP contribution in [0.1, 0.15) is 36.2 Å². The number of carboxylic acids is 1. The monoisotopic (exact) mass is 531 g/mol. The molecule has 0 aliphatic carbocycles. The Morgan fingerprint density at radius 2 is 1.95 bits per heavy atom. The van der Waals surface area contributed by atoms with Gasteiger partial charge in [0.1, 0.15) is 5.82 Å². The third-order valence-electron chi connectivity index (χ3n) is 7.20. The Labute approximate surface area is 217 Å². The number of hydrogen-bond donors (Lipinski definition) is 3. The summed E-state index contributed by atoms with van der Waals surface area (Å²) in [6, 6.07) is 6.62. The lowest BCUT2D eigenvalue weighted by atomic mass is 9.74. The molecule has 3 aromatic rings. The van der Waals surface area contributed by atoms with Crippen LogP contribution in [0.4, 0.5) is 26.4 Å². The minimum atomic E-state index is -1.20. The highest BCUT2D eigenvalue weighted by molar-refractivity contribution is 6.30. The van der Waals surface area contributed by atoms with Crippen LogP contribution < -0.4 is 10.2 Å². The first-order valence-electron chi connectivity index (χ1n) is 12.2. The minimum absolute atomic E-state index is 0.0565. The van der Waals surface area contributed by atoms with E-state index in [0.717, 1.165) is 12.1 Å². The predicted molar refractivity (Wildman–Crippen MR) is 135 cm³/mol. The molecule has 3 N–H and O–H groups in total. The van der Waals surface area contributed by atoms with Crippen LogP contribution >= 0.6 is 11.6 Å². The number of halogens is 3. The number of piperidine rings is 1. The number of rotatable bonds is 8. The number of H-pyrrole nitrogens is 1. The summed E-state index contributed by atoms with van der Waals surface area (Å²) >= 11 is 5.91. The fourth-order valence-electron chi connectivity index (χ4n) is 4.83. The summed E-state index contributed by atoms with van der Waals surface area (Å²) in [5.74, 6) is -1.23. The Hall–Kier alpha value is -3.31. The summed E-state index contributed by atoms with van der Waals surface area (Å²) in [6.45, 7) is 4.36. The molecule has 1 aromatic carbocycles. The van der Waals surface area contributed by atoms with Crippen LogP contribution in [0.25, 0.3) is 0 Å². The Kier molecular flexibility index (Phi) is 7.00. The van der Waals surface area contributed by atoms with Gasteiger partial charge in [-0.1, -0.05) is 23.7 Å². The van der Waals surface area contributed by atoms with Gasteiger partial charge >= 0.3 is 5.97 Å². The van der Waals surface area contributed by atoms with Gasteiger partial charge < -0.3 is 15.3 Å². The van der Waals surface area contributed by atoms with Crippen LogP contribution in [0.2, 0.25) is 5.02 Å². The lowest BCUT2D eigenvalue weighted by molar-refractivity contribution is -0.152. The summed E-state index contributed by atoms with van der Waals surface area (Å²) in [6.07, 6.45) is 1.40. The van der Waals surface area contributed by atoms with Gasteiger partial charge in [0.15, 0.2) is 17.5 Å². The smallest absolute Gasteiger partial charge is 0.310 e. The average Bonchev–Trinajstić information content (AvgIpc) is 3.24. The number of likely N-dealkylation sites (tertiary alicyclic amines) is 1. The molecule has 0 amide bonds. The average molecular weight is 532 g/mol. The first kappa shape index (κ1) is 25.3. The maximum absolute atomic E-state index is 15.6. The maximum Gasteiger partial charge on any atom is 0.310 e. The molecule has 5 rings (SSSR count). The lowest BCUT2D eigenvalue weighted by Gasteiger charge is -2.39. The summed E-state index contributed by atoms with van der Waals surface area (Å²) < 4.78 is 30.0. The Morgan fingerprint density at radius 1 is 1.19 bits per heavy atom. The van der Waals surface area contributed by atoms with Crippen LogP contribution in [0, 0.1) is 24.0 Å². The number of anilines is 3. The zero-order valence-electron chi connectivity index (χ0n) is 20.4. The predicted octanol–water partition coefficient (Wildman–Crippen LogP) is 4.30. The molecule has 2 aromatic heterocycles. The van der Waals surface area contributed by atoms with Gasteiger partial charge in [-0.15, -0.1) is 0 Å². The lowest BCUT2D eigenvalue weighted by Crippen LogP contribution is -2.46. The van der Waals surface area contributed by atoms with Crippen LogP contribution in [0.3, 0.4) is 0 Å². The molecular formula is C25H28ClF2N7O2. The Bertz CT molecular complexity index is 1310. The van der Waals surface area contributed by atoms with Crippen molar-refractivity contribution in [3.8, 4) is 0 Å². The third kappa shape index (κ3) is 5.24. The van der Waals surface area contributed by atoms with Gasteiger partial charge in [0.25, 0.3) is 0 Å². The van der Waals surface area contributed by atoms with Crippen molar-refractivity contribution < 1.29 is 18.7 Å². The quantitative estimate of drug-likeness (QED) is 0.394. The number of aryl methyl sites for hydroxylation is 1. The number of aliphatic carboxylic acids is 1. The van der Waals surface area contributed by atoms with Crippen molar-refractivity contribution in [3.63, 3.8) is 0 Å². The van der Waals surface area contributed by atoms with Gasteiger partial charge in [0, 0.05) is 43.4 Å². The third-order valence-corrected chi connectivity index (χ3v) is 7.49. The van der Waals surface area contributed by atoms with Crippen LogP contribution in [0.5, 0.6) is 0 Å². The molecule has 12 heteroatoms. The molecule has 0 saturated carbocycles. The molecular weight excluding hydrogens is 504 g/mol. The van der Waals surface area contributed by atoms with Crippen LogP contribution in [0.15, 0.2) is 24.3 Å². The first-order valence-corrected chi connectivity index (χ1v) is 12.6. The van der Waals surface area contributed by atoms with Gasteiger partial charge in [-0.3, -0.25) is 14.8 Å². The Balaban J connectivity index is 1.37. The molecule has 0 bridgehead atoms. The van der Waals surface area contributed by atoms with E-state index < -0.39 is 23.0 Å². The number of aromatic nitrogens is 4. The highest BCUT2D eigenvalue weighted by Crippen LogP contribution is 2.38. The molecule has 2 aliphatic heterocycles. The van der Waals surface area contributed by atoms with E-state index in [1.165, 1.54) is 6.07 Å². The van der Waals surface area contributed by atoms with Crippen molar-refractivity contribution in [2.45, 2.75) is 39.2 Å². The van der Waals surface area contributed by atoms with Crippen molar-refractivity contribution in [3.05, 3.63) is 57.9 Å². The second-order valence-corrected chi connectivity index (χ2v) is 10.2. The normalized spacial score (nSPS) is 17.5. The number of aromatic amines is 1. The SMILES string of the molecule is Cc1cc(Nc2nc(CC3(C(=O)O)CCN(Cc4cccc(Cl)c4F)CC3)c(F)c(N3CCC3)n2)n[nH]1. The van der Waals surface area contributed by atoms with Gasteiger partial charge in [-0.05, 0) is 45.3 Å². The number of nitrogens with zero attached hydrogens (tertiary/aromatic N) is 5. The molecule has 0 unspecified atom stereocenters. The van der Waals surface area contributed by atoms with Gasteiger partial charge in [0.2, 0.25) is 5.95 Å². The zero-order chi connectivity index (χ0) is 26.2. The number of hydrogen-bond acceptors (Lipinski definition) is 7. The van der Waals surface area contributed by atoms with E-state index in [9.17, 15) is 14.3 Å². The second-order valence-electron chi connectivity index (χ2n) is 9.78. The molecule has 2 aliphatic rings. The number of carboxylic acid groups (broad SMARTS) is 1.